The Bertz CT molecular complexity index is 1040. The first kappa shape index (κ1) is 20.0. The van der Waals surface area contributed by atoms with Crippen LogP contribution in [0.1, 0.15) is 16.9 Å². The van der Waals surface area contributed by atoms with Gasteiger partial charge in [-0.05, 0) is 23.8 Å². The van der Waals surface area contributed by atoms with Crippen LogP contribution in [0.2, 0.25) is 0 Å². The van der Waals surface area contributed by atoms with Crippen LogP contribution in [0, 0.1) is 5.92 Å². The summed E-state index contributed by atoms with van der Waals surface area (Å²) in [5.74, 6) is 0.316. The minimum Gasteiger partial charge on any atom is -0.496 e. The lowest BCUT2D eigenvalue weighted by molar-refractivity contribution is -0.129. The number of hydrogen-bond donors (Lipinski definition) is 1. The normalized spacial score (nSPS) is 16.0. The van der Waals surface area contributed by atoms with Crippen molar-refractivity contribution >= 4 is 23.2 Å². The zero-order valence-corrected chi connectivity index (χ0v) is 17.4. The fourth-order valence-electron chi connectivity index (χ4n) is 3.47. The van der Waals surface area contributed by atoms with Gasteiger partial charge >= 0.3 is 0 Å². The van der Waals surface area contributed by atoms with Crippen LogP contribution in [0.4, 0.5) is 0 Å². The molecular weight excluding hydrogens is 400 g/mol. The van der Waals surface area contributed by atoms with Gasteiger partial charge in [0, 0.05) is 43.0 Å². The highest BCUT2D eigenvalue weighted by atomic mass is 32.1. The molecule has 1 aliphatic rings. The molecule has 1 saturated heterocycles. The second-order valence-corrected chi connectivity index (χ2v) is 8.20. The molecule has 1 atom stereocenters. The zero-order valence-electron chi connectivity index (χ0n) is 16.6. The first-order valence-corrected chi connectivity index (χ1v) is 10.5. The van der Waals surface area contributed by atoms with Gasteiger partial charge in [-0.3, -0.25) is 14.6 Å². The van der Waals surface area contributed by atoms with E-state index in [4.69, 9.17) is 4.74 Å². The molecule has 154 valence electrons. The number of thiazole rings is 1. The first-order chi connectivity index (χ1) is 14.6. The fourth-order valence-corrected chi connectivity index (χ4v) is 4.35. The number of methoxy groups -OCH3 is 1. The molecule has 3 heterocycles. The summed E-state index contributed by atoms with van der Waals surface area (Å²) in [5, 5.41) is 3.79. The van der Waals surface area contributed by atoms with Crippen molar-refractivity contribution in [3.63, 3.8) is 0 Å². The molecule has 0 aliphatic carbocycles. The molecular formula is C22H22N4O3S. The van der Waals surface area contributed by atoms with Crippen molar-refractivity contribution in [1.29, 1.82) is 0 Å². The van der Waals surface area contributed by atoms with Crippen molar-refractivity contribution in [2.75, 3.05) is 13.7 Å². The molecule has 0 spiro atoms. The average molecular weight is 423 g/mol. The van der Waals surface area contributed by atoms with Crippen LogP contribution in [-0.4, -0.2) is 40.3 Å². The smallest absolute Gasteiger partial charge is 0.225 e. The summed E-state index contributed by atoms with van der Waals surface area (Å²) in [6.45, 7) is 1.29. The highest BCUT2D eigenvalue weighted by Crippen LogP contribution is 2.32. The van der Waals surface area contributed by atoms with Crippen molar-refractivity contribution in [1.82, 2.24) is 20.2 Å². The highest BCUT2D eigenvalue weighted by molar-refractivity contribution is 7.15. The molecule has 8 heteroatoms. The summed E-state index contributed by atoms with van der Waals surface area (Å²) >= 11 is 1.51. The number of likely N-dealkylation sites (tertiary alicyclic amines) is 1. The van der Waals surface area contributed by atoms with Gasteiger partial charge in [0.25, 0.3) is 0 Å². The maximum Gasteiger partial charge on any atom is 0.225 e. The number of amides is 2. The number of rotatable bonds is 7. The number of nitrogens with zero attached hydrogens (tertiary/aromatic N) is 3. The van der Waals surface area contributed by atoms with Gasteiger partial charge in [-0.2, -0.15) is 0 Å². The van der Waals surface area contributed by atoms with E-state index in [-0.39, 0.29) is 24.2 Å². The lowest BCUT2D eigenvalue weighted by atomic mass is 10.1. The molecule has 2 aromatic heterocycles. The van der Waals surface area contributed by atoms with E-state index >= 15 is 0 Å². The average Bonchev–Trinajstić information content (AvgIpc) is 3.40. The molecule has 1 aliphatic heterocycles. The number of aromatic nitrogens is 2. The summed E-state index contributed by atoms with van der Waals surface area (Å²) in [5.41, 5.74) is 1.88. The Balaban J connectivity index is 1.33. The van der Waals surface area contributed by atoms with E-state index < -0.39 is 0 Å². The van der Waals surface area contributed by atoms with E-state index in [1.165, 1.54) is 11.3 Å². The third kappa shape index (κ3) is 4.49. The molecule has 1 aromatic carbocycles. The van der Waals surface area contributed by atoms with E-state index in [1.54, 1.807) is 30.6 Å². The summed E-state index contributed by atoms with van der Waals surface area (Å²) in [6, 6.07) is 11.5. The van der Waals surface area contributed by atoms with E-state index in [1.807, 2.05) is 36.4 Å². The summed E-state index contributed by atoms with van der Waals surface area (Å²) in [4.78, 5) is 36.1. The Kier molecular flexibility index (Phi) is 6.04. The van der Waals surface area contributed by atoms with Crippen LogP contribution >= 0.6 is 11.3 Å². The van der Waals surface area contributed by atoms with Gasteiger partial charge in [-0.15, -0.1) is 11.3 Å². The molecule has 0 saturated carbocycles. The third-order valence-electron chi connectivity index (χ3n) is 5.01. The van der Waals surface area contributed by atoms with Crippen LogP contribution in [-0.2, 0) is 22.7 Å². The summed E-state index contributed by atoms with van der Waals surface area (Å²) < 4.78 is 5.39. The minimum absolute atomic E-state index is 0.00440. The van der Waals surface area contributed by atoms with Crippen LogP contribution in [0.25, 0.3) is 10.6 Å². The second-order valence-electron chi connectivity index (χ2n) is 7.09. The number of benzene rings is 1. The van der Waals surface area contributed by atoms with Gasteiger partial charge in [0.2, 0.25) is 11.8 Å². The van der Waals surface area contributed by atoms with Crippen LogP contribution < -0.4 is 10.1 Å². The molecule has 7 nitrogen and oxygen atoms in total. The van der Waals surface area contributed by atoms with E-state index in [0.717, 1.165) is 26.8 Å². The van der Waals surface area contributed by atoms with Crippen molar-refractivity contribution in [3.8, 4) is 16.3 Å². The lowest BCUT2D eigenvalue weighted by Crippen LogP contribution is -2.32. The predicted octanol–water partition coefficient (Wildman–Crippen LogP) is 2.88. The van der Waals surface area contributed by atoms with Crippen molar-refractivity contribution < 1.29 is 14.3 Å². The van der Waals surface area contributed by atoms with Crippen LogP contribution in [0.3, 0.4) is 0 Å². The van der Waals surface area contributed by atoms with Gasteiger partial charge in [0.1, 0.15) is 10.8 Å². The number of carbonyl (C=O) groups excluding carboxylic acids is 2. The van der Waals surface area contributed by atoms with Gasteiger partial charge in [0.15, 0.2) is 0 Å². The Morgan fingerprint density at radius 2 is 2.13 bits per heavy atom. The van der Waals surface area contributed by atoms with E-state index in [9.17, 15) is 9.59 Å². The summed E-state index contributed by atoms with van der Waals surface area (Å²) in [7, 11) is 1.63. The molecule has 30 heavy (non-hydrogen) atoms. The Morgan fingerprint density at radius 3 is 2.93 bits per heavy atom. The number of nitrogens with one attached hydrogen (secondary N) is 1. The SMILES string of the molecule is COc1ccccc1-c1ncc(CNC(=O)C2CC(=O)N(Cc3cccnc3)C2)s1. The predicted molar refractivity (Wildman–Crippen MR) is 114 cm³/mol. The minimum atomic E-state index is -0.337. The molecule has 3 aromatic rings. The number of pyridine rings is 1. The largest absolute Gasteiger partial charge is 0.496 e. The third-order valence-corrected chi connectivity index (χ3v) is 6.04. The summed E-state index contributed by atoms with van der Waals surface area (Å²) in [6.07, 6.45) is 5.44. The fraction of sp³-hybridized carbons (Fsp3) is 0.273. The van der Waals surface area contributed by atoms with Crippen LogP contribution in [0.15, 0.2) is 55.0 Å². The number of hydrogen-bond acceptors (Lipinski definition) is 6. The highest BCUT2D eigenvalue weighted by Gasteiger charge is 2.34. The van der Waals surface area contributed by atoms with Gasteiger partial charge in [-0.1, -0.05) is 18.2 Å². The standard InChI is InChI=1S/C22H22N4O3S/c1-29-19-7-3-2-6-18(19)22-25-12-17(30-22)11-24-21(28)16-9-20(27)26(14-16)13-15-5-4-8-23-10-15/h2-8,10,12,16H,9,11,13-14H2,1H3,(H,24,28). The van der Waals surface area contributed by atoms with E-state index in [2.05, 4.69) is 15.3 Å². The first-order valence-electron chi connectivity index (χ1n) is 9.66. The van der Waals surface area contributed by atoms with Crippen molar-refractivity contribution in [2.24, 2.45) is 5.92 Å². The van der Waals surface area contributed by atoms with Crippen molar-refractivity contribution in [3.05, 3.63) is 65.4 Å². The topological polar surface area (TPSA) is 84.4 Å². The maximum absolute atomic E-state index is 12.6. The number of para-hydroxylation sites is 1. The van der Waals surface area contributed by atoms with E-state index in [0.29, 0.717) is 19.6 Å². The number of carbonyl (C=O) groups is 2. The maximum atomic E-state index is 12.6. The Labute approximate surface area is 178 Å². The zero-order chi connectivity index (χ0) is 20.9. The van der Waals surface area contributed by atoms with Gasteiger partial charge in [-0.25, -0.2) is 4.98 Å². The molecule has 0 radical (unpaired) electrons. The molecule has 4 rings (SSSR count). The molecule has 0 bridgehead atoms. The van der Waals surface area contributed by atoms with Crippen molar-refractivity contribution in [2.45, 2.75) is 19.5 Å². The molecule has 1 fully saturated rings. The second kappa shape index (κ2) is 9.04. The van der Waals surface area contributed by atoms with Crippen LogP contribution in [0.5, 0.6) is 5.75 Å². The lowest BCUT2D eigenvalue weighted by Gasteiger charge is -2.16. The molecule has 1 unspecified atom stereocenters. The molecule has 1 N–H and O–H groups in total. The Hall–Kier alpha value is -3.26. The van der Waals surface area contributed by atoms with Gasteiger partial charge in [0.05, 0.1) is 25.1 Å². The number of ether oxygens (including phenoxy) is 1. The van der Waals surface area contributed by atoms with Gasteiger partial charge < -0.3 is 15.0 Å². The quantitative estimate of drug-likeness (QED) is 0.633. The molecule has 2 amide bonds. The monoisotopic (exact) mass is 422 g/mol. The Morgan fingerprint density at radius 1 is 1.27 bits per heavy atom.